The summed E-state index contributed by atoms with van der Waals surface area (Å²) in [6.07, 6.45) is 1.37. The van der Waals surface area contributed by atoms with Crippen molar-refractivity contribution >= 4 is 10.8 Å². The Kier molecular flexibility index (Phi) is 3.66. The molecule has 2 rings (SSSR count). The van der Waals surface area contributed by atoms with E-state index in [1.165, 1.54) is 10.8 Å². The molecule has 2 aromatic rings. The Morgan fingerprint density at radius 3 is 2.65 bits per heavy atom. The molecule has 0 heterocycles. The van der Waals surface area contributed by atoms with Gasteiger partial charge in [-0.1, -0.05) is 36.9 Å². The number of ether oxygens (including phenoxy) is 1. The van der Waals surface area contributed by atoms with Crippen LogP contribution in [0.3, 0.4) is 0 Å². The lowest BCUT2D eigenvalue weighted by molar-refractivity contribution is 0.296. The molecule has 0 unspecified atom stereocenters. The fourth-order valence-electron chi connectivity index (χ4n) is 1.72. The molecule has 0 saturated carbocycles. The van der Waals surface area contributed by atoms with Crippen molar-refractivity contribution in [3.8, 4) is 5.75 Å². The van der Waals surface area contributed by atoms with E-state index in [9.17, 15) is 0 Å². The lowest BCUT2D eigenvalue weighted by atomic mass is 10.1. The molecule has 0 spiro atoms. The van der Waals surface area contributed by atoms with Gasteiger partial charge in [0.2, 0.25) is 0 Å². The van der Waals surface area contributed by atoms with Gasteiger partial charge < -0.3 is 9.84 Å². The molecule has 0 aliphatic carbocycles. The molecule has 2 aromatic carbocycles. The van der Waals surface area contributed by atoms with Crippen LogP contribution in [0.4, 0.5) is 0 Å². The Hall–Kier alpha value is -1.96. The molecule has 2 heteroatoms. The highest BCUT2D eigenvalue weighted by atomic mass is 16.5. The van der Waals surface area contributed by atoms with Crippen molar-refractivity contribution < 1.29 is 9.84 Å². The van der Waals surface area contributed by atoms with E-state index in [1.807, 2.05) is 24.3 Å². The Morgan fingerprint density at radius 2 is 1.88 bits per heavy atom. The number of rotatable bonds is 5. The molecular formula is C15H16O2. The second kappa shape index (κ2) is 5.39. The Labute approximate surface area is 101 Å². The van der Waals surface area contributed by atoms with Gasteiger partial charge in [-0.3, -0.25) is 0 Å². The Bertz CT molecular complexity index is 517. The van der Waals surface area contributed by atoms with Crippen molar-refractivity contribution in [2.45, 2.75) is 12.8 Å². The number of allylic oxidation sites excluding steroid dienone is 1. The fourth-order valence-corrected chi connectivity index (χ4v) is 1.72. The topological polar surface area (TPSA) is 29.5 Å². The van der Waals surface area contributed by atoms with E-state index in [0.29, 0.717) is 13.0 Å². The summed E-state index contributed by atoms with van der Waals surface area (Å²) in [4.78, 5) is 0. The van der Waals surface area contributed by atoms with Crippen molar-refractivity contribution in [3.05, 3.63) is 54.8 Å². The molecule has 0 aliphatic rings. The van der Waals surface area contributed by atoms with E-state index in [-0.39, 0.29) is 5.76 Å². The molecule has 0 amide bonds. The maximum atomic E-state index is 8.94. The maximum absolute atomic E-state index is 8.94. The maximum Gasteiger partial charge on any atom is 0.119 e. The standard InChI is InChI=1S/C15H16O2/c1-12(16)5-4-10-17-15-9-8-13-6-2-3-7-14(13)11-15/h2-3,6-9,11,16H,1,4-5,10H2. The fraction of sp³-hybridized carbons (Fsp3) is 0.200. The normalized spacial score (nSPS) is 10.4. The van der Waals surface area contributed by atoms with Gasteiger partial charge in [0.05, 0.1) is 12.4 Å². The molecule has 0 atom stereocenters. The summed E-state index contributed by atoms with van der Waals surface area (Å²) in [5.41, 5.74) is 0. The van der Waals surface area contributed by atoms with Crippen LogP contribution in [0.15, 0.2) is 54.8 Å². The minimum absolute atomic E-state index is 0.215. The average Bonchev–Trinajstić information content (AvgIpc) is 2.34. The number of benzene rings is 2. The van der Waals surface area contributed by atoms with Crippen molar-refractivity contribution in [1.82, 2.24) is 0 Å². The first-order valence-electron chi connectivity index (χ1n) is 5.74. The van der Waals surface area contributed by atoms with Crippen LogP contribution in [-0.2, 0) is 0 Å². The zero-order valence-corrected chi connectivity index (χ0v) is 9.73. The highest BCUT2D eigenvalue weighted by Crippen LogP contribution is 2.20. The first-order valence-corrected chi connectivity index (χ1v) is 5.74. The monoisotopic (exact) mass is 228 g/mol. The third kappa shape index (κ3) is 3.25. The number of aliphatic hydroxyl groups excluding tert-OH is 1. The van der Waals surface area contributed by atoms with Gasteiger partial charge in [-0.05, 0) is 29.3 Å². The summed E-state index contributed by atoms with van der Waals surface area (Å²) in [7, 11) is 0. The van der Waals surface area contributed by atoms with Gasteiger partial charge in [-0.15, -0.1) is 0 Å². The minimum Gasteiger partial charge on any atom is -0.513 e. The third-order valence-corrected chi connectivity index (χ3v) is 2.60. The van der Waals surface area contributed by atoms with Gasteiger partial charge >= 0.3 is 0 Å². The summed E-state index contributed by atoms with van der Waals surface area (Å²) in [5.74, 6) is 1.08. The first kappa shape index (κ1) is 11.5. The van der Waals surface area contributed by atoms with Gasteiger partial charge in [0.1, 0.15) is 5.75 Å². The predicted octanol–water partition coefficient (Wildman–Crippen LogP) is 4.07. The zero-order chi connectivity index (χ0) is 12.1. The zero-order valence-electron chi connectivity index (χ0n) is 9.73. The van der Waals surface area contributed by atoms with Crippen LogP contribution in [0.2, 0.25) is 0 Å². The molecule has 0 saturated heterocycles. The van der Waals surface area contributed by atoms with Crippen LogP contribution in [0, 0.1) is 0 Å². The van der Waals surface area contributed by atoms with Crippen molar-refractivity contribution in [2.24, 2.45) is 0 Å². The predicted molar refractivity (Wildman–Crippen MR) is 70.4 cm³/mol. The highest BCUT2D eigenvalue weighted by Gasteiger charge is 1.97. The summed E-state index contributed by atoms with van der Waals surface area (Å²) in [5, 5.41) is 11.3. The van der Waals surface area contributed by atoms with E-state index in [0.717, 1.165) is 12.2 Å². The molecule has 0 fully saturated rings. The Balaban J connectivity index is 1.97. The van der Waals surface area contributed by atoms with Gasteiger partial charge in [-0.2, -0.15) is 0 Å². The molecule has 0 radical (unpaired) electrons. The number of aliphatic hydroxyl groups is 1. The van der Waals surface area contributed by atoms with E-state index in [1.54, 1.807) is 0 Å². The minimum atomic E-state index is 0.215. The second-order valence-electron chi connectivity index (χ2n) is 4.03. The molecule has 0 aromatic heterocycles. The lowest BCUT2D eigenvalue weighted by Gasteiger charge is -2.06. The number of hydrogen-bond acceptors (Lipinski definition) is 2. The van der Waals surface area contributed by atoms with Crippen LogP contribution in [0.1, 0.15) is 12.8 Å². The SMILES string of the molecule is C=C(O)CCCOc1ccc2ccccc2c1. The van der Waals surface area contributed by atoms with Crippen LogP contribution in [0.25, 0.3) is 10.8 Å². The molecule has 1 N–H and O–H groups in total. The molecular weight excluding hydrogens is 212 g/mol. The molecule has 0 aliphatic heterocycles. The largest absolute Gasteiger partial charge is 0.513 e. The number of hydrogen-bond donors (Lipinski definition) is 1. The first-order chi connectivity index (χ1) is 8.25. The average molecular weight is 228 g/mol. The van der Waals surface area contributed by atoms with Gasteiger partial charge in [0.25, 0.3) is 0 Å². The molecule has 17 heavy (non-hydrogen) atoms. The van der Waals surface area contributed by atoms with Crippen molar-refractivity contribution in [3.63, 3.8) is 0 Å². The van der Waals surface area contributed by atoms with Crippen molar-refractivity contribution in [2.75, 3.05) is 6.61 Å². The highest BCUT2D eigenvalue weighted by molar-refractivity contribution is 5.83. The van der Waals surface area contributed by atoms with E-state index in [4.69, 9.17) is 9.84 Å². The molecule has 88 valence electrons. The molecule has 2 nitrogen and oxygen atoms in total. The number of fused-ring (bicyclic) bond motifs is 1. The third-order valence-electron chi connectivity index (χ3n) is 2.60. The summed E-state index contributed by atoms with van der Waals surface area (Å²) in [6.45, 7) is 4.04. The van der Waals surface area contributed by atoms with Gasteiger partial charge in [-0.25, -0.2) is 0 Å². The second-order valence-corrected chi connectivity index (χ2v) is 4.03. The lowest BCUT2D eigenvalue weighted by Crippen LogP contribution is -1.97. The smallest absolute Gasteiger partial charge is 0.119 e. The van der Waals surface area contributed by atoms with E-state index >= 15 is 0 Å². The van der Waals surface area contributed by atoms with Crippen LogP contribution in [-0.4, -0.2) is 11.7 Å². The summed E-state index contributed by atoms with van der Waals surface area (Å²) in [6, 6.07) is 14.2. The van der Waals surface area contributed by atoms with E-state index < -0.39 is 0 Å². The Morgan fingerprint density at radius 1 is 1.12 bits per heavy atom. The van der Waals surface area contributed by atoms with Gasteiger partial charge in [0, 0.05) is 6.42 Å². The molecule has 0 bridgehead atoms. The van der Waals surface area contributed by atoms with Crippen LogP contribution < -0.4 is 4.74 Å². The van der Waals surface area contributed by atoms with E-state index in [2.05, 4.69) is 24.8 Å². The van der Waals surface area contributed by atoms with Crippen LogP contribution >= 0.6 is 0 Å². The van der Waals surface area contributed by atoms with Crippen molar-refractivity contribution in [1.29, 1.82) is 0 Å². The summed E-state index contributed by atoms with van der Waals surface area (Å²) >= 11 is 0. The van der Waals surface area contributed by atoms with Gasteiger partial charge in [0.15, 0.2) is 0 Å². The quantitative estimate of drug-likeness (QED) is 0.617. The summed E-state index contributed by atoms with van der Waals surface area (Å²) < 4.78 is 5.61. The van der Waals surface area contributed by atoms with Crippen LogP contribution in [0.5, 0.6) is 5.75 Å².